The number of aromatic nitrogens is 1. The van der Waals surface area contributed by atoms with Gasteiger partial charge in [0.25, 0.3) is 0 Å². The lowest BCUT2D eigenvalue weighted by atomic mass is 9.98. The molecule has 0 saturated carbocycles. The Labute approximate surface area is 138 Å². The molecule has 3 rings (SSSR count). The highest BCUT2D eigenvalue weighted by atomic mass is 16.4. The molecule has 1 saturated heterocycles. The first-order chi connectivity index (χ1) is 11.5. The number of carboxylic acid groups (broad SMARTS) is 2. The van der Waals surface area contributed by atoms with E-state index >= 15 is 0 Å². The van der Waals surface area contributed by atoms with E-state index in [-0.39, 0.29) is 0 Å². The molecule has 1 fully saturated rings. The third kappa shape index (κ3) is 4.76. The van der Waals surface area contributed by atoms with Crippen LogP contribution in [0.4, 0.5) is 0 Å². The molecule has 2 heterocycles. The summed E-state index contributed by atoms with van der Waals surface area (Å²) in [6.45, 7) is 2.22. The van der Waals surface area contributed by atoms with E-state index in [9.17, 15) is 9.59 Å². The Bertz CT molecular complexity index is 718. The second-order valence-corrected chi connectivity index (χ2v) is 5.56. The van der Waals surface area contributed by atoms with Crippen molar-refractivity contribution in [3.63, 3.8) is 0 Å². The van der Waals surface area contributed by atoms with Crippen LogP contribution in [0.5, 0.6) is 0 Å². The SMILES string of the molecule is N#Cc1cncc(C2=CC3CNCC3C2)c1.O=C(O)C=CC(=O)O. The van der Waals surface area contributed by atoms with Gasteiger partial charge in [-0.2, -0.15) is 5.26 Å². The van der Waals surface area contributed by atoms with Crippen molar-refractivity contribution in [2.24, 2.45) is 11.8 Å². The quantitative estimate of drug-likeness (QED) is 0.715. The zero-order valence-corrected chi connectivity index (χ0v) is 12.8. The van der Waals surface area contributed by atoms with Crippen molar-refractivity contribution in [3.05, 3.63) is 47.8 Å². The lowest BCUT2D eigenvalue weighted by molar-refractivity contribution is -0.134. The second kappa shape index (κ2) is 8.04. The van der Waals surface area contributed by atoms with Crippen molar-refractivity contribution in [1.82, 2.24) is 10.3 Å². The van der Waals surface area contributed by atoms with Crippen LogP contribution in [0.3, 0.4) is 0 Å². The standard InChI is InChI=1S/C13H13N3.C4H4O4/c14-4-9-1-11(6-15-5-9)10-2-12-7-16-8-13(12)3-10;5-3(6)1-2-4(7)8/h1-2,5-6,12-13,16H,3,7-8H2;1-2H,(H,5,6)(H,7,8). The molecular formula is C17H17N3O4. The van der Waals surface area contributed by atoms with Gasteiger partial charge < -0.3 is 15.5 Å². The van der Waals surface area contributed by atoms with Gasteiger partial charge in [-0.05, 0) is 42.0 Å². The summed E-state index contributed by atoms with van der Waals surface area (Å²) < 4.78 is 0. The Kier molecular flexibility index (Phi) is 5.82. The van der Waals surface area contributed by atoms with Gasteiger partial charge in [-0.3, -0.25) is 4.98 Å². The molecule has 0 amide bonds. The van der Waals surface area contributed by atoms with Gasteiger partial charge in [0.2, 0.25) is 0 Å². The van der Waals surface area contributed by atoms with Gasteiger partial charge in [-0.1, -0.05) is 6.08 Å². The van der Waals surface area contributed by atoms with Crippen molar-refractivity contribution < 1.29 is 19.8 Å². The van der Waals surface area contributed by atoms with E-state index in [1.165, 1.54) is 5.57 Å². The number of pyridine rings is 1. The fourth-order valence-electron chi connectivity index (χ4n) is 2.81. The molecule has 7 nitrogen and oxygen atoms in total. The summed E-state index contributed by atoms with van der Waals surface area (Å²) >= 11 is 0. The maximum atomic E-state index is 9.55. The third-order valence-corrected chi connectivity index (χ3v) is 3.90. The number of nitrogens with zero attached hydrogens (tertiary/aromatic N) is 2. The average Bonchev–Trinajstić information content (AvgIpc) is 3.15. The number of fused-ring (bicyclic) bond motifs is 1. The Morgan fingerprint density at radius 1 is 1.25 bits per heavy atom. The van der Waals surface area contributed by atoms with Gasteiger partial charge in [-0.15, -0.1) is 0 Å². The molecule has 1 aliphatic heterocycles. The Hall–Kier alpha value is -2.98. The van der Waals surface area contributed by atoms with Gasteiger partial charge in [0.15, 0.2) is 0 Å². The molecule has 0 aromatic carbocycles. The smallest absolute Gasteiger partial charge is 0.328 e. The first kappa shape index (κ1) is 17.4. The van der Waals surface area contributed by atoms with Gasteiger partial charge in [-0.25, -0.2) is 9.59 Å². The monoisotopic (exact) mass is 327 g/mol. The van der Waals surface area contributed by atoms with Crippen LogP contribution in [0.15, 0.2) is 36.7 Å². The third-order valence-electron chi connectivity index (χ3n) is 3.90. The molecule has 2 unspecified atom stereocenters. The molecule has 2 aliphatic rings. The van der Waals surface area contributed by atoms with Gasteiger partial charge in [0.1, 0.15) is 6.07 Å². The highest BCUT2D eigenvalue weighted by molar-refractivity contribution is 5.89. The number of hydrogen-bond acceptors (Lipinski definition) is 5. The fraction of sp³-hybridized carbons (Fsp3) is 0.294. The number of hydrogen-bond donors (Lipinski definition) is 3. The van der Waals surface area contributed by atoms with Crippen LogP contribution >= 0.6 is 0 Å². The minimum atomic E-state index is -1.26. The summed E-state index contributed by atoms with van der Waals surface area (Å²) in [5, 5.41) is 27.9. The maximum Gasteiger partial charge on any atom is 0.328 e. The van der Waals surface area contributed by atoms with Crippen molar-refractivity contribution >= 4 is 17.5 Å². The predicted molar refractivity (Wildman–Crippen MR) is 85.8 cm³/mol. The minimum absolute atomic E-state index is 0.558. The van der Waals surface area contributed by atoms with Crippen LogP contribution in [0.2, 0.25) is 0 Å². The molecule has 2 atom stereocenters. The van der Waals surface area contributed by atoms with E-state index in [4.69, 9.17) is 15.5 Å². The largest absolute Gasteiger partial charge is 0.478 e. The number of carboxylic acids is 2. The van der Waals surface area contributed by atoms with Crippen LogP contribution in [0, 0.1) is 23.2 Å². The minimum Gasteiger partial charge on any atom is -0.478 e. The van der Waals surface area contributed by atoms with Crippen LogP contribution < -0.4 is 5.32 Å². The van der Waals surface area contributed by atoms with E-state index in [0.717, 1.165) is 31.0 Å². The van der Waals surface area contributed by atoms with Crippen molar-refractivity contribution in [2.45, 2.75) is 6.42 Å². The average molecular weight is 327 g/mol. The zero-order chi connectivity index (χ0) is 17.5. The lowest BCUT2D eigenvalue weighted by Gasteiger charge is -2.06. The lowest BCUT2D eigenvalue weighted by Crippen LogP contribution is -2.09. The summed E-state index contributed by atoms with van der Waals surface area (Å²) in [4.78, 5) is 23.2. The summed E-state index contributed by atoms with van der Waals surface area (Å²) in [6, 6.07) is 4.08. The van der Waals surface area contributed by atoms with E-state index in [1.54, 1.807) is 6.20 Å². The number of rotatable bonds is 3. The van der Waals surface area contributed by atoms with Crippen LogP contribution in [0.25, 0.3) is 5.57 Å². The summed E-state index contributed by atoms with van der Waals surface area (Å²) in [5.74, 6) is -1.08. The molecule has 3 N–H and O–H groups in total. The molecule has 1 aliphatic carbocycles. The van der Waals surface area contributed by atoms with Gasteiger partial charge in [0.05, 0.1) is 5.56 Å². The van der Waals surface area contributed by atoms with Crippen molar-refractivity contribution in [3.8, 4) is 6.07 Å². The number of carbonyl (C=O) groups is 2. The van der Waals surface area contributed by atoms with Gasteiger partial charge in [0, 0.05) is 31.1 Å². The summed E-state index contributed by atoms with van der Waals surface area (Å²) in [6.07, 6.45) is 8.06. The van der Waals surface area contributed by atoms with E-state index < -0.39 is 11.9 Å². The molecule has 0 spiro atoms. The Morgan fingerprint density at radius 2 is 1.96 bits per heavy atom. The van der Waals surface area contributed by atoms with Crippen molar-refractivity contribution in [2.75, 3.05) is 13.1 Å². The van der Waals surface area contributed by atoms with E-state index in [2.05, 4.69) is 22.4 Å². The number of aliphatic carboxylic acids is 2. The molecule has 7 heteroatoms. The van der Waals surface area contributed by atoms with Crippen LogP contribution in [0.1, 0.15) is 17.5 Å². The van der Waals surface area contributed by atoms with Crippen LogP contribution in [-0.2, 0) is 9.59 Å². The summed E-state index contributed by atoms with van der Waals surface area (Å²) in [5.41, 5.74) is 3.13. The Morgan fingerprint density at radius 3 is 2.54 bits per heavy atom. The molecule has 1 aromatic heterocycles. The number of nitrogens with one attached hydrogen (secondary N) is 1. The van der Waals surface area contributed by atoms with Crippen molar-refractivity contribution in [1.29, 1.82) is 5.26 Å². The molecule has 1 aromatic rings. The first-order valence-corrected chi connectivity index (χ1v) is 7.40. The van der Waals surface area contributed by atoms with Gasteiger partial charge >= 0.3 is 11.9 Å². The van der Waals surface area contributed by atoms with Crippen LogP contribution in [-0.4, -0.2) is 40.2 Å². The van der Waals surface area contributed by atoms with E-state index in [0.29, 0.717) is 23.6 Å². The fourth-order valence-corrected chi connectivity index (χ4v) is 2.81. The van der Waals surface area contributed by atoms with E-state index in [1.807, 2.05) is 12.3 Å². The highest BCUT2D eigenvalue weighted by Gasteiger charge is 2.31. The highest BCUT2D eigenvalue weighted by Crippen LogP contribution is 2.37. The normalized spacial score (nSPS) is 21.4. The number of allylic oxidation sites excluding steroid dienone is 1. The molecular weight excluding hydrogens is 310 g/mol. The topological polar surface area (TPSA) is 123 Å². The molecule has 24 heavy (non-hydrogen) atoms. The second-order valence-electron chi connectivity index (χ2n) is 5.56. The maximum absolute atomic E-state index is 9.55. The summed E-state index contributed by atoms with van der Waals surface area (Å²) in [7, 11) is 0. The zero-order valence-electron chi connectivity index (χ0n) is 12.8. The number of nitriles is 1. The molecule has 0 radical (unpaired) electrons. The Balaban J connectivity index is 0.000000224. The molecule has 0 bridgehead atoms. The first-order valence-electron chi connectivity index (χ1n) is 7.40. The molecule has 124 valence electrons. The predicted octanol–water partition coefficient (Wildman–Crippen LogP) is 1.29.